The number of aromatic nitrogens is 2. The third-order valence-corrected chi connectivity index (χ3v) is 4.22. The Labute approximate surface area is 121 Å². The molecule has 1 fully saturated rings. The molecule has 104 valence electrons. The number of imidazole rings is 1. The van der Waals surface area contributed by atoms with Crippen molar-refractivity contribution in [1.29, 1.82) is 0 Å². The Morgan fingerprint density at radius 1 is 1.10 bits per heavy atom. The second-order valence-corrected chi connectivity index (χ2v) is 5.47. The van der Waals surface area contributed by atoms with Crippen LogP contribution >= 0.6 is 0 Å². The Balaban J connectivity index is 1.83. The quantitative estimate of drug-likeness (QED) is 0.719. The second kappa shape index (κ2) is 4.25. The number of para-hydroxylation sites is 2. The highest BCUT2D eigenvalue weighted by atomic mass is 19.1. The molecule has 0 saturated heterocycles. The molecule has 1 saturated carbocycles. The topological polar surface area (TPSA) is 34.9 Å². The molecule has 0 N–H and O–H groups in total. The van der Waals surface area contributed by atoms with E-state index in [2.05, 4.69) is 4.98 Å². The summed E-state index contributed by atoms with van der Waals surface area (Å²) in [5.41, 5.74) is 1.31. The van der Waals surface area contributed by atoms with Crippen molar-refractivity contribution in [2.45, 2.75) is 18.3 Å². The average Bonchev–Trinajstić information content (AvgIpc) is 3.20. The standard InChI is InChI=1S/C17H13FN2O/c18-13-6-2-1-5-12(13)17(9-10-17)16(21)20-11-19-14-7-3-4-8-15(14)20/h1-8,11H,9-10H2. The summed E-state index contributed by atoms with van der Waals surface area (Å²) in [5, 5.41) is 0. The first kappa shape index (κ1) is 12.3. The second-order valence-electron chi connectivity index (χ2n) is 5.47. The van der Waals surface area contributed by atoms with Gasteiger partial charge in [-0.3, -0.25) is 9.36 Å². The highest BCUT2D eigenvalue weighted by Crippen LogP contribution is 2.50. The fourth-order valence-corrected chi connectivity index (χ4v) is 2.92. The fourth-order valence-electron chi connectivity index (χ4n) is 2.92. The van der Waals surface area contributed by atoms with Crippen LogP contribution in [0.25, 0.3) is 11.0 Å². The van der Waals surface area contributed by atoms with Gasteiger partial charge in [-0.05, 0) is 31.0 Å². The lowest BCUT2D eigenvalue weighted by Gasteiger charge is -2.16. The van der Waals surface area contributed by atoms with Crippen molar-refractivity contribution >= 4 is 16.9 Å². The zero-order valence-electron chi connectivity index (χ0n) is 11.3. The SMILES string of the molecule is O=C(n1cnc2ccccc21)C1(c2ccccc2F)CC1. The van der Waals surface area contributed by atoms with Crippen LogP contribution in [0, 0.1) is 5.82 Å². The molecule has 0 spiro atoms. The first-order chi connectivity index (χ1) is 10.2. The van der Waals surface area contributed by atoms with Crippen LogP contribution in [-0.2, 0) is 5.41 Å². The van der Waals surface area contributed by atoms with E-state index >= 15 is 0 Å². The Morgan fingerprint density at radius 2 is 1.81 bits per heavy atom. The van der Waals surface area contributed by atoms with E-state index in [1.807, 2.05) is 24.3 Å². The molecule has 0 bridgehead atoms. The maximum absolute atomic E-state index is 14.1. The molecule has 0 amide bonds. The van der Waals surface area contributed by atoms with Gasteiger partial charge < -0.3 is 0 Å². The van der Waals surface area contributed by atoms with Crippen molar-refractivity contribution in [3.05, 3.63) is 66.2 Å². The number of hydrogen-bond donors (Lipinski definition) is 0. The van der Waals surface area contributed by atoms with Gasteiger partial charge in [-0.1, -0.05) is 30.3 Å². The lowest BCUT2D eigenvalue weighted by Crippen LogP contribution is -2.27. The first-order valence-electron chi connectivity index (χ1n) is 6.94. The highest BCUT2D eigenvalue weighted by Gasteiger charge is 2.53. The number of carbonyl (C=O) groups excluding carboxylic acids is 1. The van der Waals surface area contributed by atoms with Gasteiger partial charge in [0.1, 0.15) is 12.1 Å². The van der Waals surface area contributed by atoms with Gasteiger partial charge in [-0.2, -0.15) is 0 Å². The Bertz CT molecular complexity index is 849. The number of hydrogen-bond acceptors (Lipinski definition) is 2. The summed E-state index contributed by atoms with van der Waals surface area (Å²) in [6.07, 6.45) is 2.90. The predicted octanol–water partition coefficient (Wildman–Crippen LogP) is 3.55. The summed E-state index contributed by atoms with van der Waals surface area (Å²) in [6, 6.07) is 14.0. The van der Waals surface area contributed by atoms with Crippen molar-refractivity contribution < 1.29 is 9.18 Å². The number of carbonyl (C=O) groups is 1. The molecule has 1 aromatic heterocycles. The van der Waals surface area contributed by atoms with Crippen molar-refractivity contribution in [3.8, 4) is 0 Å². The van der Waals surface area contributed by atoms with E-state index in [9.17, 15) is 9.18 Å². The van der Waals surface area contributed by atoms with Crippen molar-refractivity contribution in [3.63, 3.8) is 0 Å². The lowest BCUT2D eigenvalue weighted by molar-refractivity contribution is 0.0865. The first-order valence-corrected chi connectivity index (χ1v) is 6.94. The Kier molecular flexibility index (Phi) is 2.48. The van der Waals surface area contributed by atoms with Gasteiger partial charge in [-0.15, -0.1) is 0 Å². The highest BCUT2D eigenvalue weighted by molar-refractivity contribution is 5.98. The summed E-state index contributed by atoms with van der Waals surface area (Å²) in [6.45, 7) is 0. The number of nitrogens with zero attached hydrogens (tertiary/aromatic N) is 2. The average molecular weight is 280 g/mol. The van der Waals surface area contributed by atoms with E-state index < -0.39 is 5.41 Å². The maximum atomic E-state index is 14.1. The zero-order valence-corrected chi connectivity index (χ0v) is 11.3. The van der Waals surface area contributed by atoms with Crippen LogP contribution < -0.4 is 0 Å². The van der Waals surface area contributed by atoms with Gasteiger partial charge in [0.15, 0.2) is 0 Å². The van der Waals surface area contributed by atoms with Crippen LogP contribution in [0.5, 0.6) is 0 Å². The number of benzene rings is 2. The van der Waals surface area contributed by atoms with Gasteiger partial charge in [0.25, 0.3) is 0 Å². The van der Waals surface area contributed by atoms with Crippen molar-refractivity contribution in [2.75, 3.05) is 0 Å². The minimum Gasteiger partial charge on any atom is -0.273 e. The van der Waals surface area contributed by atoms with Crippen LogP contribution in [0.15, 0.2) is 54.9 Å². The molecule has 0 radical (unpaired) electrons. The lowest BCUT2D eigenvalue weighted by atomic mass is 9.94. The molecule has 4 heteroatoms. The fraction of sp³-hybridized carbons (Fsp3) is 0.176. The van der Waals surface area contributed by atoms with E-state index in [4.69, 9.17) is 0 Å². The van der Waals surface area contributed by atoms with Gasteiger partial charge in [-0.25, -0.2) is 9.37 Å². The van der Waals surface area contributed by atoms with Crippen LogP contribution in [0.1, 0.15) is 23.2 Å². The third kappa shape index (κ3) is 1.72. The normalized spacial score (nSPS) is 16.0. The minimum absolute atomic E-state index is 0.0960. The van der Waals surface area contributed by atoms with E-state index in [0.29, 0.717) is 18.4 Å². The molecule has 2 aromatic carbocycles. The smallest absolute Gasteiger partial charge is 0.243 e. The molecule has 0 unspecified atom stereocenters. The molecule has 0 aliphatic heterocycles. The summed E-state index contributed by atoms with van der Waals surface area (Å²) in [4.78, 5) is 17.2. The van der Waals surface area contributed by atoms with E-state index in [1.54, 1.807) is 22.8 Å². The molecule has 4 rings (SSSR count). The monoisotopic (exact) mass is 280 g/mol. The molecule has 1 aliphatic rings. The maximum Gasteiger partial charge on any atom is 0.243 e. The molecule has 1 aliphatic carbocycles. The summed E-state index contributed by atoms with van der Waals surface area (Å²) >= 11 is 0. The van der Waals surface area contributed by atoms with E-state index in [-0.39, 0.29) is 11.7 Å². The zero-order chi connectivity index (χ0) is 14.4. The number of rotatable bonds is 2. The van der Waals surface area contributed by atoms with Crippen molar-refractivity contribution in [1.82, 2.24) is 9.55 Å². The third-order valence-electron chi connectivity index (χ3n) is 4.22. The van der Waals surface area contributed by atoms with Crippen molar-refractivity contribution in [2.24, 2.45) is 0 Å². The molecular formula is C17H13FN2O. The van der Waals surface area contributed by atoms with Crippen LogP contribution in [-0.4, -0.2) is 15.5 Å². The largest absolute Gasteiger partial charge is 0.273 e. The molecule has 21 heavy (non-hydrogen) atoms. The van der Waals surface area contributed by atoms with E-state index in [0.717, 1.165) is 11.0 Å². The van der Waals surface area contributed by atoms with Crippen LogP contribution in [0.2, 0.25) is 0 Å². The molecule has 3 nitrogen and oxygen atoms in total. The van der Waals surface area contributed by atoms with Gasteiger partial charge in [0.05, 0.1) is 16.4 Å². The number of fused-ring (bicyclic) bond motifs is 1. The molecular weight excluding hydrogens is 267 g/mol. The minimum atomic E-state index is -0.727. The summed E-state index contributed by atoms with van der Waals surface area (Å²) < 4.78 is 15.6. The van der Waals surface area contributed by atoms with Crippen LogP contribution in [0.4, 0.5) is 4.39 Å². The van der Waals surface area contributed by atoms with Gasteiger partial charge in [0.2, 0.25) is 5.91 Å². The molecule has 3 aromatic rings. The predicted molar refractivity (Wildman–Crippen MR) is 77.7 cm³/mol. The summed E-state index contributed by atoms with van der Waals surface area (Å²) in [5.74, 6) is -0.408. The van der Waals surface area contributed by atoms with Gasteiger partial charge in [0, 0.05) is 5.56 Å². The van der Waals surface area contributed by atoms with Crippen LogP contribution in [0.3, 0.4) is 0 Å². The Hall–Kier alpha value is -2.49. The van der Waals surface area contributed by atoms with Gasteiger partial charge >= 0.3 is 0 Å². The molecule has 1 heterocycles. The number of halogens is 1. The molecule has 0 atom stereocenters. The Morgan fingerprint density at radius 3 is 2.57 bits per heavy atom. The van der Waals surface area contributed by atoms with E-state index in [1.165, 1.54) is 12.4 Å². The summed E-state index contributed by atoms with van der Waals surface area (Å²) in [7, 11) is 0.